The van der Waals surface area contributed by atoms with Crippen LogP contribution in [-0.2, 0) is 17.8 Å². The Kier molecular flexibility index (Phi) is 8.12. The molecular formula is C27H23BrN2O5S. The van der Waals surface area contributed by atoms with Crippen LogP contribution in [0.15, 0.2) is 75.0 Å². The Balaban J connectivity index is 1.50. The summed E-state index contributed by atoms with van der Waals surface area (Å²) < 4.78 is 12.1. The molecule has 36 heavy (non-hydrogen) atoms. The molecule has 9 heteroatoms. The van der Waals surface area contributed by atoms with E-state index in [-0.39, 0.29) is 18.1 Å². The van der Waals surface area contributed by atoms with E-state index < -0.39 is 5.97 Å². The molecule has 3 aromatic rings. The zero-order chi connectivity index (χ0) is 25.7. The number of aromatic carboxylic acids is 1. The van der Waals surface area contributed by atoms with Gasteiger partial charge in [0, 0.05) is 4.47 Å². The van der Waals surface area contributed by atoms with Gasteiger partial charge in [-0.05, 0) is 77.3 Å². The number of hydrogen-bond donors (Lipinski definition) is 2. The van der Waals surface area contributed by atoms with E-state index in [1.54, 1.807) is 37.5 Å². The quantitative estimate of drug-likeness (QED) is 0.315. The van der Waals surface area contributed by atoms with Gasteiger partial charge in [0.05, 0.1) is 23.3 Å². The fourth-order valence-electron chi connectivity index (χ4n) is 3.38. The van der Waals surface area contributed by atoms with Crippen molar-refractivity contribution >= 4 is 56.5 Å². The number of aliphatic imine (C=N–C) groups is 1. The molecule has 4 rings (SSSR count). The van der Waals surface area contributed by atoms with Gasteiger partial charge < -0.3 is 19.9 Å². The van der Waals surface area contributed by atoms with E-state index in [4.69, 9.17) is 14.6 Å². The highest BCUT2D eigenvalue weighted by Crippen LogP contribution is 2.37. The Bertz CT molecular complexity index is 1350. The maximum Gasteiger partial charge on any atom is 0.335 e. The number of ether oxygens (including phenoxy) is 2. The second kappa shape index (κ2) is 11.5. The average molecular weight is 567 g/mol. The third-order valence-corrected chi connectivity index (χ3v) is 6.99. The van der Waals surface area contributed by atoms with Gasteiger partial charge in [0.1, 0.15) is 6.61 Å². The summed E-state index contributed by atoms with van der Waals surface area (Å²) >= 11 is 4.83. The van der Waals surface area contributed by atoms with Crippen LogP contribution in [0.5, 0.6) is 11.5 Å². The van der Waals surface area contributed by atoms with Gasteiger partial charge in [-0.1, -0.05) is 47.1 Å². The molecule has 7 nitrogen and oxygen atoms in total. The van der Waals surface area contributed by atoms with Gasteiger partial charge >= 0.3 is 5.97 Å². The summed E-state index contributed by atoms with van der Waals surface area (Å²) in [7, 11) is 1.54. The summed E-state index contributed by atoms with van der Waals surface area (Å²) in [5, 5.41) is 12.4. The van der Waals surface area contributed by atoms with E-state index in [1.807, 2.05) is 24.3 Å². The molecule has 1 saturated heterocycles. The summed E-state index contributed by atoms with van der Waals surface area (Å²) in [6, 6.07) is 17.9. The van der Waals surface area contributed by atoms with Gasteiger partial charge in [-0.2, -0.15) is 0 Å². The fraction of sp³-hybridized carbons (Fsp3) is 0.148. The van der Waals surface area contributed by atoms with Gasteiger partial charge in [-0.3, -0.25) is 4.79 Å². The van der Waals surface area contributed by atoms with E-state index in [1.165, 1.54) is 29.5 Å². The molecule has 3 aromatic carbocycles. The third kappa shape index (κ3) is 6.16. The SMILES string of the molecule is CCc1ccc(N=C2NC(=O)/C(=C/c3cc(OC)c(OCc4ccc(C(=O)O)cc4)cc3Br)S2)cc1. The minimum absolute atomic E-state index is 0.216. The average Bonchev–Trinajstić information content (AvgIpc) is 3.22. The van der Waals surface area contributed by atoms with Crippen molar-refractivity contribution in [2.45, 2.75) is 20.0 Å². The van der Waals surface area contributed by atoms with Gasteiger partial charge in [0.25, 0.3) is 5.91 Å². The van der Waals surface area contributed by atoms with Crippen LogP contribution in [0, 0.1) is 0 Å². The maximum atomic E-state index is 12.5. The number of halogens is 1. The van der Waals surface area contributed by atoms with E-state index in [0.717, 1.165) is 27.7 Å². The molecule has 1 heterocycles. The molecule has 0 aromatic heterocycles. The number of thioether (sulfide) groups is 1. The predicted molar refractivity (Wildman–Crippen MR) is 145 cm³/mol. The molecule has 1 aliphatic heterocycles. The van der Waals surface area contributed by atoms with Gasteiger partial charge in [0.15, 0.2) is 16.7 Å². The van der Waals surface area contributed by atoms with Gasteiger partial charge in [-0.25, -0.2) is 9.79 Å². The Hall–Kier alpha value is -3.56. The molecule has 0 spiro atoms. The topological polar surface area (TPSA) is 97.2 Å². The van der Waals surface area contributed by atoms with Crippen LogP contribution >= 0.6 is 27.7 Å². The lowest BCUT2D eigenvalue weighted by Gasteiger charge is -2.13. The first-order chi connectivity index (χ1) is 17.4. The number of hydrogen-bond acceptors (Lipinski definition) is 6. The second-order valence-electron chi connectivity index (χ2n) is 7.82. The number of amidine groups is 1. The molecule has 0 unspecified atom stereocenters. The minimum Gasteiger partial charge on any atom is -0.493 e. The Labute approximate surface area is 221 Å². The number of carbonyl (C=O) groups excluding carboxylic acids is 1. The van der Waals surface area contributed by atoms with Crippen LogP contribution in [0.1, 0.15) is 34.0 Å². The van der Waals surface area contributed by atoms with Gasteiger partial charge in [0.2, 0.25) is 0 Å². The van der Waals surface area contributed by atoms with Crippen LogP contribution in [0.25, 0.3) is 6.08 Å². The lowest BCUT2D eigenvalue weighted by molar-refractivity contribution is -0.115. The normalized spacial score (nSPS) is 15.2. The minimum atomic E-state index is -0.976. The standard InChI is InChI=1S/C27H23BrN2O5S/c1-3-16-6-10-20(11-7-16)29-27-30-25(31)24(36-27)13-19-12-22(34-2)23(14-21(19)28)35-15-17-4-8-18(9-5-17)26(32)33/h4-14H,3,15H2,1-2H3,(H,32,33)(H,29,30,31)/b24-13-. The van der Waals surface area contributed by atoms with E-state index in [0.29, 0.717) is 21.6 Å². The number of rotatable bonds is 8. The molecule has 1 aliphatic rings. The zero-order valence-electron chi connectivity index (χ0n) is 19.6. The van der Waals surface area contributed by atoms with Crippen molar-refractivity contribution in [1.29, 1.82) is 0 Å². The number of nitrogens with one attached hydrogen (secondary N) is 1. The predicted octanol–water partition coefficient (Wildman–Crippen LogP) is 6.19. The first-order valence-corrected chi connectivity index (χ1v) is 12.7. The largest absolute Gasteiger partial charge is 0.493 e. The molecule has 184 valence electrons. The fourth-order valence-corrected chi connectivity index (χ4v) is 4.65. The number of methoxy groups -OCH3 is 1. The Morgan fingerprint density at radius 1 is 1.08 bits per heavy atom. The van der Waals surface area contributed by atoms with E-state index >= 15 is 0 Å². The molecule has 0 radical (unpaired) electrons. The number of carbonyl (C=O) groups is 2. The molecule has 1 amide bonds. The number of aryl methyl sites for hydroxylation is 1. The molecule has 0 atom stereocenters. The summed E-state index contributed by atoms with van der Waals surface area (Å²) in [6.07, 6.45) is 2.72. The Morgan fingerprint density at radius 2 is 1.78 bits per heavy atom. The van der Waals surface area contributed by atoms with E-state index in [2.05, 4.69) is 33.2 Å². The smallest absolute Gasteiger partial charge is 0.335 e. The monoisotopic (exact) mass is 566 g/mol. The lowest BCUT2D eigenvalue weighted by Crippen LogP contribution is -2.19. The highest BCUT2D eigenvalue weighted by molar-refractivity contribution is 9.10. The van der Waals surface area contributed by atoms with Crippen molar-refractivity contribution < 1.29 is 24.2 Å². The number of benzene rings is 3. The van der Waals surface area contributed by atoms with Crippen LogP contribution in [0.3, 0.4) is 0 Å². The zero-order valence-corrected chi connectivity index (χ0v) is 22.0. The molecule has 0 aliphatic carbocycles. The molecular weight excluding hydrogens is 544 g/mol. The summed E-state index contributed by atoms with van der Waals surface area (Å²) in [5.74, 6) is -0.188. The first-order valence-electron chi connectivity index (χ1n) is 11.1. The highest BCUT2D eigenvalue weighted by Gasteiger charge is 2.24. The summed E-state index contributed by atoms with van der Waals surface area (Å²) in [4.78, 5) is 28.6. The maximum absolute atomic E-state index is 12.5. The van der Waals surface area contributed by atoms with Crippen molar-refractivity contribution in [1.82, 2.24) is 5.32 Å². The number of carboxylic acids is 1. The van der Waals surface area contributed by atoms with Crippen molar-refractivity contribution in [3.63, 3.8) is 0 Å². The van der Waals surface area contributed by atoms with Crippen LogP contribution in [0.4, 0.5) is 5.69 Å². The summed E-state index contributed by atoms with van der Waals surface area (Å²) in [5.41, 5.74) is 3.78. The number of amides is 1. The molecule has 0 saturated carbocycles. The van der Waals surface area contributed by atoms with Crippen molar-refractivity contribution in [2.75, 3.05) is 7.11 Å². The van der Waals surface area contributed by atoms with Crippen LogP contribution in [-0.4, -0.2) is 29.3 Å². The third-order valence-electron chi connectivity index (χ3n) is 5.39. The van der Waals surface area contributed by atoms with Crippen molar-refractivity contribution in [3.8, 4) is 11.5 Å². The number of carboxylic acid groups (broad SMARTS) is 1. The second-order valence-corrected chi connectivity index (χ2v) is 9.70. The number of nitrogens with zero attached hydrogens (tertiary/aromatic N) is 1. The van der Waals surface area contributed by atoms with Crippen LogP contribution < -0.4 is 14.8 Å². The first kappa shape index (κ1) is 25.5. The van der Waals surface area contributed by atoms with Crippen molar-refractivity contribution in [2.24, 2.45) is 4.99 Å². The van der Waals surface area contributed by atoms with Crippen molar-refractivity contribution in [3.05, 3.63) is 92.3 Å². The summed E-state index contributed by atoms with van der Waals surface area (Å²) in [6.45, 7) is 2.33. The molecule has 1 fully saturated rings. The molecule has 2 N–H and O–H groups in total. The van der Waals surface area contributed by atoms with Crippen LogP contribution in [0.2, 0.25) is 0 Å². The highest BCUT2D eigenvalue weighted by atomic mass is 79.9. The van der Waals surface area contributed by atoms with E-state index in [9.17, 15) is 9.59 Å². The molecule has 0 bridgehead atoms. The Morgan fingerprint density at radius 3 is 2.42 bits per heavy atom. The lowest BCUT2D eigenvalue weighted by atomic mass is 10.1. The van der Waals surface area contributed by atoms with Gasteiger partial charge in [-0.15, -0.1) is 0 Å².